The molecule has 1 heterocycles. The van der Waals surface area contributed by atoms with Crippen molar-refractivity contribution in [3.05, 3.63) is 5.01 Å². The quantitative estimate of drug-likeness (QED) is 0.831. The first kappa shape index (κ1) is 16.0. The Labute approximate surface area is 123 Å². The van der Waals surface area contributed by atoms with Crippen LogP contribution in [0.25, 0.3) is 0 Å². The molecule has 118 valence electrons. The van der Waals surface area contributed by atoms with E-state index < -0.39 is 22.6 Å². The van der Waals surface area contributed by atoms with E-state index in [-0.39, 0.29) is 11.7 Å². The Kier molecular flexibility index (Phi) is 4.70. The van der Waals surface area contributed by atoms with Crippen LogP contribution in [0.4, 0.5) is 18.3 Å². The van der Waals surface area contributed by atoms with E-state index in [4.69, 9.17) is 0 Å². The monoisotopic (exact) mass is 323 g/mol. The predicted octanol–water partition coefficient (Wildman–Crippen LogP) is 3.39. The van der Waals surface area contributed by atoms with Crippen LogP contribution in [0, 0.1) is 5.41 Å². The number of aliphatic carboxylic acids is 1. The topological polar surface area (TPSA) is 75.1 Å². The second-order valence-corrected chi connectivity index (χ2v) is 6.24. The van der Waals surface area contributed by atoms with Crippen LogP contribution in [0.15, 0.2) is 0 Å². The van der Waals surface area contributed by atoms with Gasteiger partial charge in [0.15, 0.2) is 0 Å². The van der Waals surface area contributed by atoms with Crippen molar-refractivity contribution in [3.63, 3.8) is 0 Å². The third-order valence-electron chi connectivity index (χ3n) is 3.76. The van der Waals surface area contributed by atoms with Gasteiger partial charge in [0.25, 0.3) is 0 Å². The second kappa shape index (κ2) is 6.17. The van der Waals surface area contributed by atoms with Gasteiger partial charge < -0.3 is 10.4 Å². The predicted molar refractivity (Wildman–Crippen MR) is 71.2 cm³/mol. The molecular formula is C12H16F3N3O2S. The summed E-state index contributed by atoms with van der Waals surface area (Å²) in [6.45, 7) is 0.0782. The molecule has 1 aliphatic rings. The summed E-state index contributed by atoms with van der Waals surface area (Å²) in [4.78, 5) is 11.6. The van der Waals surface area contributed by atoms with Crippen LogP contribution in [-0.2, 0) is 11.0 Å². The minimum atomic E-state index is -4.52. The number of alkyl halides is 3. The van der Waals surface area contributed by atoms with Crippen LogP contribution in [0.1, 0.15) is 43.5 Å². The summed E-state index contributed by atoms with van der Waals surface area (Å²) in [5.41, 5.74) is -0.930. The minimum Gasteiger partial charge on any atom is -0.481 e. The molecule has 0 aliphatic heterocycles. The molecule has 2 rings (SSSR count). The first-order chi connectivity index (χ1) is 9.83. The standard InChI is InChI=1S/C12H16F3N3O2S/c13-12(14,15)8-17-18-10(21-8)16-7-11(9(19)20)5-3-1-2-4-6-11/h1-7H2,(H,16,18)(H,19,20). The molecule has 21 heavy (non-hydrogen) atoms. The smallest absolute Gasteiger partial charge is 0.445 e. The molecule has 1 aromatic rings. The lowest BCUT2D eigenvalue weighted by Gasteiger charge is -2.27. The third-order valence-corrected chi connectivity index (χ3v) is 4.69. The first-order valence-electron chi connectivity index (χ1n) is 6.71. The van der Waals surface area contributed by atoms with Crippen LogP contribution in [0.2, 0.25) is 0 Å². The van der Waals surface area contributed by atoms with Gasteiger partial charge in [0.05, 0.1) is 5.41 Å². The number of halogens is 3. The minimum absolute atomic E-state index is 0.00666. The van der Waals surface area contributed by atoms with E-state index in [2.05, 4.69) is 15.5 Å². The van der Waals surface area contributed by atoms with Gasteiger partial charge in [-0.2, -0.15) is 13.2 Å². The fourth-order valence-electron chi connectivity index (χ4n) is 2.53. The highest BCUT2D eigenvalue weighted by molar-refractivity contribution is 7.15. The summed E-state index contributed by atoms with van der Waals surface area (Å²) in [6.07, 6.45) is 0.152. The molecule has 0 bridgehead atoms. The SMILES string of the molecule is O=C(O)C1(CNc2nnc(C(F)(F)F)s2)CCCCCC1. The molecule has 0 saturated heterocycles. The number of anilines is 1. The molecule has 0 radical (unpaired) electrons. The lowest BCUT2D eigenvalue weighted by atomic mass is 9.80. The van der Waals surface area contributed by atoms with E-state index in [0.717, 1.165) is 25.7 Å². The summed E-state index contributed by atoms with van der Waals surface area (Å²) in [5.74, 6) is -0.905. The van der Waals surface area contributed by atoms with Crippen LogP contribution >= 0.6 is 11.3 Å². The normalized spacial score (nSPS) is 19.0. The second-order valence-electron chi connectivity index (χ2n) is 5.26. The highest BCUT2D eigenvalue weighted by Crippen LogP contribution is 2.37. The molecule has 1 aliphatic carbocycles. The molecule has 0 atom stereocenters. The van der Waals surface area contributed by atoms with Crippen molar-refractivity contribution < 1.29 is 23.1 Å². The maximum atomic E-state index is 12.4. The molecule has 1 aromatic heterocycles. The van der Waals surface area contributed by atoms with E-state index in [1.807, 2.05) is 0 Å². The number of nitrogens with one attached hydrogen (secondary N) is 1. The Morgan fingerprint density at radius 3 is 2.33 bits per heavy atom. The molecule has 0 unspecified atom stereocenters. The fraction of sp³-hybridized carbons (Fsp3) is 0.750. The van der Waals surface area contributed by atoms with Crippen molar-refractivity contribution in [1.82, 2.24) is 10.2 Å². The number of carboxylic acid groups (broad SMARTS) is 1. The van der Waals surface area contributed by atoms with Gasteiger partial charge >= 0.3 is 12.1 Å². The molecule has 9 heteroatoms. The van der Waals surface area contributed by atoms with Crippen molar-refractivity contribution in [1.29, 1.82) is 0 Å². The zero-order valence-corrected chi connectivity index (χ0v) is 12.1. The third kappa shape index (κ3) is 3.84. The van der Waals surface area contributed by atoms with Crippen molar-refractivity contribution in [2.45, 2.75) is 44.7 Å². The lowest BCUT2D eigenvalue weighted by Crippen LogP contribution is -2.37. The van der Waals surface area contributed by atoms with E-state index in [1.165, 1.54) is 0 Å². The van der Waals surface area contributed by atoms with Gasteiger partial charge in [0, 0.05) is 6.54 Å². The molecule has 0 spiro atoms. The number of hydrogen-bond acceptors (Lipinski definition) is 5. The Balaban J connectivity index is 2.05. The first-order valence-corrected chi connectivity index (χ1v) is 7.53. The average Bonchev–Trinajstić information content (AvgIpc) is 2.75. The highest BCUT2D eigenvalue weighted by atomic mass is 32.1. The Morgan fingerprint density at radius 1 is 1.24 bits per heavy atom. The van der Waals surface area contributed by atoms with Crippen LogP contribution in [0.5, 0.6) is 0 Å². The van der Waals surface area contributed by atoms with Gasteiger partial charge in [-0.15, -0.1) is 10.2 Å². The molecule has 1 fully saturated rings. The summed E-state index contributed by atoms with van der Waals surface area (Å²) >= 11 is 0.393. The van der Waals surface area contributed by atoms with Gasteiger partial charge in [-0.1, -0.05) is 37.0 Å². The van der Waals surface area contributed by atoms with Crippen molar-refractivity contribution in [3.8, 4) is 0 Å². The number of carboxylic acids is 1. The number of hydrogen-bond donors (Lipinski definition) is 2. The number of carbonyl (C=O) groups is 1. The average molecular weight is 323 g/mol. The maximum absolute atomic E-state index is 12.4. The van der Waals surface area contributed by atoms with Crippen LogP contribution in [0.3, 0.4) is 0 Å². The molecular weight excluding hydrogens is 307 g/mol. The molecule has 1 saturated carbocycles. The Bertz CT molecular complexity index is 496. The Hall–Kier alpha value is -1.38. The van der Waals surface area contributed by atoms with Crippen LogP contribution < -0.4 is 5.32 Å². The molecule has 5 nitrogen and oxygen atoms in total. The van der Waals surface area contributed by atoms with E-state index >= 15 is 0 Å². The summed E-state index contributed by atoms with van der Waals surface area (Å²) < 4.78 is 37.3. The van der Waals surface area contributed by atoms with Gasteiger partial charge in [-0.25, -0.2) is 0 Å². The lowest BCUT2D eigenvalue weighted by molar-refractivity contribution is -0.149. The van der Waals surface area contributed by atoms with Gasteiger partial charge in [-0.3, -0.25) is 4.79 Å². The van der Waals surface area contributed by atoms with Crippen molar-refractivity contribution >= 4 is 22.4 Å². The molecule has 0 amide bonds. The highest BCUT2D eigenvalue weighted by Gasteiger charge is 2.39. The van der Waals surface area contributed by atoms with E-state index in [9.17, 15) is 23.1 Å². The number of nitrogens with zero attached hydrogens (tertiary/aromatic N) is 2. The summed E-state index contributed by atoms with van der Waals surface area (Å²) in [6, 6.07) is 0. The molecule has 2 N–H and O–H groups in total. The van der Waals surface area contributed by atoms with Crippen molar-refractivity contribution in [2.24, 2.45) is 5.41 Å². The zero-order chi connectivity index (χ0) is 15.5. The number of rotatable bonds is 4. The van der Waals surface area contributed by atoms with Crippen LogP contribution in [-0.4, -0.2) is 27.8 Å². The zero-order valence-electron chi connectivity index (χ0n) is 11.2. The summed E-state index contributed by atoms with van der Waals surface area (Å²) in [7, 11) is 0. The van der Waals surface area contributed by atoms with Gasteiger partial charge in [0.1, 0.15) is 0 Å². The molecule has 0 aromatic carbocycles. The van der Waals surface area contributed by atoms with Crippen molar-refractivity contribution in [2.75, 3.05) is 11.9 Å². The van der Waals surface area contributed by atoms with E-state index in [0.29, 0.717) is 24.2 Å². The largest absolute Gasteiger partial charge is 0.481 e. The van der Waals surface area contributed by atoms with E-state index in [1.54, 1.807) is 0 Å². The number of aromatic nitrogens is 2. The van der Waals surface area contributed by atoms with Gasteiger partial charge in [-0.05, 0) is 12.8 Å². The maximum Gasteiger partial charge on any atom is 0.445 e. The van der Waals surface area contributed by atoms with Gasteiger partial charge in [0.2, 0.25) is 10.1 Å². The summed E-state index contributed by atoms with van der Waals surface area (Å²) in [5, 5.41) is 17.7. The fourth-order valence-corrected chi connectivity index (χ4v) is 3.13. The Morgan fingerprint density at radius 2 is 1.86 bits per heavy atom.